The molecule has 2 atom stereocenters. The molecule has 0 radical (unpaired) electrons. The summed E-state index contributed by atoms with van der Waals surface area (Å²) in [5.41, 5.74) is 0.981. The van der Waals surface area contributed by atoms with Crippen LogP contribution in [0.3, 0.4) is 0 Å². The van der Waals surface area contributed by atoms with Crippen molar-refractivity contribution >= 4 is 11.8 Å². The van der Waals surface area contributed by atoms with E-state index in [1.807, 2.05) is 6.92 Å². The lowest BCUT2D eigenvalue weighted by atomic mass is 10.1. The van der Waals surface area contributed by atoms with E-state index in [9.17, 15) is 14.0 Å². The summed E-state index contributed by atoms with van der Waals surface area (Å²) in [6.45, 7) is 4.06. The maximum absolute atomic E-state index is 12.8. The summed E-state index contributed by atoms with van der Waals surface area (Å²) in [6.07, 6.45) is 0.661. The van der Waals surface area contributed by atoms with Crippen molar-refractivity contribution in [2.75, 3.05) is 26.2 Å². The smallest absolute Gasteiger partial charge is 0.278 e. The summed E-state index contributed by atoms with van der Waals surface area (Å²) in [4.78, 5) is 24.4. The van der Waals surface area contributed by atoms with Crippen molar-refractivity contribution in [1.29, 1.82) is 0 Å². The highest BCUT2D eigenvalue weighted by atomic mass is 19.1. The van der Waals surface area contributed by atoms with E-state index >= 15 is 0 Å². The Morgan fingerprint density at radius 2 is 2.14 bits per heavy atom. The van der Waals surface area contributed by atoms with E-state index in [1.54, 1.807) is 12.1 Å². The monoisotopic (exact) mass is 294 g/mol. The van der Waals surface area contributed by atoms with Crippen molar-refractivity contribution in [3.63, 3.8) is 0 Å². The molecule has 0 bridgehead atoms. The highest BCUT2D eigenvalue weighted by Crippen LogP contribution is 2.02. The number of amides is 2. The molecule has 0 saturated carbocycles. The molecule has 1 aliphatic rings. The average Bonchev–Trinajstić information content (AvgIpc) is 2.48. The predicted molar refractivity (Wildman–Crippen MR) is 76.3 cm³/mol. The molecule has 0 aromatic heterocycles. The minimum absolute atomic E-state index is 0.0118. The molecule has 1 heterocycles. The van der Waals surface area contributed by atoms with Gasteiger partial charge < -0.3 is 15.5 Å². The summed E-state index contributed by atoms with van der Waals surface area (Å²) in [5.74, 6) is -0.326. The lowest BCUT2D eigenvalue weighted by molar-refractivity contribution is -0.907. The predicted octanol–water partition coefficient (Wildman–Crippen LogP) is -1.11. The number of carbonyl (C=O) groups excluding carboxylic acids is 2. The zero-order valence-corrected chi connectivity index (χ0v) is 12.1. The lowest BCUT2D eigenvalue weighted by Crippen LogP contribution is -3.19. The topological polar surface area (TPSA) is 62.6 Å². The van der Waals surface area contributed by atoms with E-state index in [1.165, 1.54) is 12.1 Å². The number of halogens is 1. The number of hydrogen-bond donors (Lipinski definition) is 3. The van der Waals surface area contributed by atoms with Crippen molar-refractivity contribution in [3.8, 4) is 0 Å². The van der Waals surface area contributed by atoms with Gasteiger partial charge in [0.05, 0.1) is 13.1 Å². The quantitative estimate of drug-likeness (QED) is 0.645. The molecule has 0 spiro atoms. The molecule has 1 fully saturated rings. The van der Waals surface area contributed by atoms with Gasteiger partial charge in [0.15, 0.2) is 12.6 Å². The molecule has 1 aromatic carbocycles. The van der Waals surface area contributed by atoms with Crippen molar-refractivity contribution in [2.24, 2.45) is 0 Å². The van der Waals surface area contributed by atoms with Crippen LogP contribution in [0.15, 0.2) is 24.3 Å². The normalized spacial score (nSPS) is 19.7. The Morgan fingerprint density at radius 1 is 1.43 bits per heavy atom. The third-order valence-corrected chi connectivity index (χ3v) is 3.79. The first-order valence-electron chi connectivity index (χ1n) is 7.19. The van der Waals surface area contributed by atoms with Gasteiger partial charge in [-0.2, -0.15) is 0 Å². The highest BCUT2D eigenvalue weighted by Gasteiger charge is 2.29. The largest absolute Gasteiger partial charge is 0.351 e. The summed E-state index contributed by atoms with van der Waals surface area (Å²) < 4.78 is 12.8. The van der Waals surface area contributed by atoms with Crippen LogP contribution in [-0.2, 0) is 16.0 Å². The first-order chi connectivity index (χ1) is 10.1. The van der Waals surface area contributed by atoms with Gasteiger partial charge in [0.25, 0.3) is 11.8 Å². The molecule has 2 rings (SSSR count). The fourth-order valence-electron chi connectivity index (χ4n) is 2.41. The maximum atomic E-state index is 12.8. The second kappa shape index (κ2) is 7.17. The molecule has 1 saturated heterocycles. The Morgan fingerprint density at radius 3 is 2.81 bits per heavy atom. The SMILES string of the molecule is C[C@H](C(=O)NCCc1ccc(F)cc1)[NH+]1CCNC(=O)C1. The van der Waals surface area contributed by atoms with Crippen LogP contribution in [0.25, 0.3) is 0 Å². The summed E-state index contributed by atoms with van der Waals surface area (Å²) in [7, 11) is 0. The van der Waals surface area contributed by atoms with E-state index in [-0.39, 0.29) is 23.7 Å². The van der Waals surface area contributed by atoms with Gasteiger partial charge in [0.2, 0.25) is 0 Å². The van der Waals surface area contributed by atoms with Gasteiger partial charge >= 0.3 is 0 Å². The third kappa shape index (κ3) is 4.53. The standard InChI is InChI=1S/C15H20FN3O2/c1-11(19-9-8-17-14(20)10-19)15(21)18-7-6-12-2-4-13(16)5-3-12/h2-5,11H,6-10H2,1H3,(H,17,20)(H,18,21)/p+1/t11-/m1/s1. The highest BCUT2D eigenvalue weighted by molar-refractivity contribution is 5.81. The molecule has 1 unspecified atom stereocenters. The minimum atomic E-state index is -0.261. The van der Waals surface area contributed by atoms with E-state index in [0.717, 1.165) is 17.0 Å². The van der Waals surface area contributed by atoms with Crippen molar-refractivity contribution < 1.29 is 18.9 Å². The zero-order valence-electron chi connectivity index (χ0n) is 12.1. The molecule has 1 aromatic rings. The average molecular weight is 294 g/mol. The number of rotatable bonds is 5. The molecular formula is C15H21FN3O2+. The van der Waals surface area contributed by atoms with Crippen molar-refractivity contribution in [3.05, 3.63) is 35.6 Å². The first-order valence-corrected chi connectivity index (χ1v) is 7.19. The Bertz CT molecular complexity index is 504. The first kappa shape index (κ1) is 15.4. The van der Waals surface area contributed by atoms with Gasteiger partial charge in [-0.25, -0.2) is 4.39 Å². The number of nitrogens with one attached hydrogen (secondary N) is 3. The van der Waals surface area contributed by atoms with Gasteiger partial charge in [-0.3, -0.25) is 9.59 Å². The third-order valence-electron chi connectivity index (χ3n) is 3.79. The summed E-state index contributed by atoms with van der Waals surface area (Å²) in [6, 6.07) is 6.01. The number of benzene rings is 1. The van der Waals surface area contributed by atoms with Crippen LogP contribution in [0.1, 0.15) is 12.5 Å². The van der Waals surface area contributed by atoms with E-state index in [4.69, 9.17) is 0 Å². The van der Waals surface area contributed by atoms with Crippen LogP contribution in [-0.4, -0.2) is 44.0 Å². The molecule has 2 amide bonds. The van der Waals surface area contributed by atoms with Crippen LogP contribution < -0.4 is 15.5 Å². The Hall–Kier alpha value is -1.95. The number of carbonyl (C=O) groups is 2. The minimum Gasteiger partial charge on any atom is -0.351 e. The fourth-order valence-corrected chi connectivity index (χ4v) is 2.41. The number of hydrogen-bond acceptors (Lipinski definition) is 2. The molecule has 5 nitrogen and oxygen atoms in total. The molecule has 114 valence electrons. The Kier molecular flexibility index (Phi) is 5.27. The molecule has 3 N–H and O–H groups in total. The second-order valence-corrected chi connectivity index (χ2v) is 5.32. The van der Waals surface area contributed by atoms with Gasteiger partial charge in [0, 0.05) is 6.54 Å². The van der Waals surface area contributed by atoms with Crippen LogP contribution in [0, 0.1) is 5.82 Å². The fraction of sp³-hybridized carbons (Fsp3) is 0.467. The zero-order chi connectivity index (χ0) is 15.2. The molecule has 21 heavy (non-hydrogen) atoms. The van der Waals surface area contributed by atoms with E-state index in [2.05, 4.69) is 10.6 Å². The van der Waals surface area contributed by atoms with Crippen molar-refractivity contribution in [1.82, 2.24) is 10.6 Å². The van der Waals surface area contributed by atoms with Crippen LogP contribution in [0.2, 0.25) is 0 Å². The van der Waals surface area contributed by atoms with Gasteiger partial charge in [-0.15, -0.1) is 0 Å². The van der Waals surface area contributed by atoms with Gasteiger partial charge in [0.1, 0.15) is 5.82 Å². The van der Waals surface area contributed by atoms with E-state index < -0.39 is 0 Å². The molecular weight excluding hydrogens is 273 g/mol. The van der Waals surface area contributed by atoms with Crippen LogP contribution >= 0.6 is 0 Å². The summed E-state index contributed by atoms with van der Waals surface area (Å²) in [5, 5.41) is 5.63. The number of quaternary nitrogens is 1. The molecule has 6 heteroatoms. The number of piperazine rings is 1. The van der Waals surface area contributed by atoms with Crippen molar-refractivity contribution in [2.45, 2.75) is 19.4 Å². The summed E-state index contributed by atoms with van der Waals surface area (Å²) >= 11 is 0. The molecule has 1 aliphatic heterocycles. The maximum Gasteiger partial charge on any atom is 0.278 e. The van der Waals surface area contributed by atoms with Gasteiger partial charge in [-0.05, 0) is 31.0 Å². The lowest BCUT2D eigenvalue weighted by Gasteiger charge is -2.28. The van der Waals surface area contributed by atoms with E-state index in [0.29, 0.717) is 26.1 Å². The molecule has 0 aliphatic carbocycles. The Balaban J connectivity index is 1.75. The Labute approximate surface area is 123 Å². The second-order valence-electron chi connectivity index (χ2n) is 5.32. The van der Waals surface area contributed by atoms with Gasteiger partial charge in [-0.1, -0.05) is 12.1 Å². The van der Waals surface area contributed by atoms with Crippen LogP contribution in [0.5, 0.6) is 0 Å². The van der Waals surface area contributed by atoms with Crippen LogP contribution in [0.4, 0.5) is 4.39 Å².